The van der Waals surface area contributed by atoms with Crippen LogP contribution in [0.2, 0.25) is 0 Å². The average Bonchev–Trinajstić information content (AvgIpc) is 3.08. The summed E-state index contributed by atoms with van der Waals surface area (Å²) in [4.78, 5) is 27.0. The Labute approximate surface area is 136 Å². The van der Waals surface area contributed by atoms with Crippen molar-refractivity contribution in [3.63, 3.8) is 0 Å². The third kappa shape index (κ3) is 1.62. The van der Waals surface area contributed by atoms with Crippen molar-refractivity contribution in [2.75, 3.05) is 12.0 Å². The fourth-order valence-electron chi connectivity index (χ4n) is 3.73. The minimum absolute atomic E-state index is 0.218. The maximum atomic E-state index is 12.9. The highest BCUT2D eigenvalue weighted by Crippen LogP contribution is 2.53. The molecule has 0 unspecified atom stereocenters. The standard InChI is InChI=1S/C16H14BrNO4/c1-16-6-5-11(22-16)12-13(16)15(20)18(14(12)19)9-7-8(17)3-4-10(9)21-2/h3-7,11-13H,1-2H3/t11-,12-,13+,16-/m1/s1. The van der Waals surface area contributed by atoms with Crippen molar-refractivity contribution in [2.45, 2.75) is 18.6 Å². The monoisotopic (exact) mass is 363 g/mol. The molecule has 1 aromatic rings. The molecule has 0 N–H and O–H groups in total. The summed E-state index contributed by atoms with van der Waals surface area (Å²) in [5, 5.41) is 0. The molecule has 3 aliphatic heterocycles. The molecular formula is C16H14BrNO4. The van der Waals surface area contributed by atoms with Gasteiger partial charge in [0.2, 0.25) is 11.8 Å². The van der Waals surface area contributed by atoms with E-state index in [0.717, 1.165) is 4.47 Å². The molecule has 0 aliphatic carbocycles. The second-order valence-electron chi connectivity index (χ2n) is 5.96. The van der Waals surface area contributed by atoms with Crippen LogP contribution in [0, 0.1) is 11.8 Å². The molecular weight excluding hydrogens is 350 g/mol. The SMILES string of the molecule is COc1ccc(Br)cc1N1C(=O)[C@H]2[C@@H](C1=O)[C@@]1(C)C=C[C@H]2O1. The number of hydrogen-bond donors (Lipinski definition) is 0. The first-order valence-electron chi connectivity index (χ1n) is 7.05. The fraction of sp³-hybridized carbons (Fsp3) is 0.375. The smallest absolute Gasteiger partial charge is 0.241 e. The molecule has 0 radical (unpaired) electrons. The van der Waals surface area contributed by atoms with Gasteiger partial charge >= 0.3 is 0 Å². The van der Waals surface area contributed by atoms with E-state index in [9.17, 15) is 9.59 Å². The van der Waals surface area contributed by atoms with Crippen LogP contribution in [0.5, 0.6) is 5.75 Å². The van der Waals surface area contributed by atoms with Gasteiger partial charge in [-0.1, -0.05) is 28.1 Å². The molecule has 3 aliphatic rings. The predicted molar refractivity (Wildman–Crippen MR) is 82.6 cm³/mol. The fourth-order valence-corrected chi connectivity index (χ4v) is 4.08. The van der Waals surface area contributed by atoms with Crippen molar-refractivity contribution < 1.29 is 19.1 Å². The lowest BCUT2D eigenvalue weighted by atomic mass is 9.78. The van der Waals surface area contributed by atoms with Crippen LogP contribution >= 0.6 is 15.9 Å². The number of carbonyl (C=O) groups excluding carboxylic acids is 2. The van der Waals surface area contributed by atoms with Crippen molar-refractivity contribution in [3.8, 4) is 5.75 Å². The summed E-state index contributed by atoms with van der Waals surface area (Å²) in [7, 11) is 1.52. The maximum absolute atomic E-state index is 12.9. The van der Waals surface area contributed by atoms with Gasteiger partial charge in [-0.15, -0.1) is 0 Å². The molecule has 2 amide bonds. The van der Waals surface area contributed by atoms with E-state index in [2.05, 4.69) is 15.9 Å². The summed E-state index contributed by atoms with van der Waals surface area (Å²) in [6.45, 7) is 1.86. The number of carbonyl (C=O) groups is 2. The quantitative estimate of drug-likeness (QED) is 0.597. The largest absolute Gasteiger partial charge is 0.495 e. The van der Waals surface area contributed by atoms with Crippen molar-refractivity contribution in [1.82, 2.24) is 0 Å². The molecule has 0 aromatic heterocycles. The van der Waals surface area contributed by atoms with Gasteiger partial charge < -0.3 is 9.47 Å². The van der Waals surface area contributed by atoms with Gasteiger partial charge in [0.05, 0.1) is 36.3 Å². The molecule has 2 fully saturated rings. The number of imide groups is 1. The molecule has 0 spiro atoms. The zero-order valence-electron chi connectivity index (χ0n) is 12.1. The summed E-state index contributed by atoms with van der Waals surface area (Å²) in [5.41, 5.74) is -0.208. The van der Waals surface area contributed by atoms with E-state index in [1.807, 2.05) is 25.1 Å². The van der Waals surface area contributed by atoms with Crippen LogP contribution in [-0.2, 0) is 14.3 Å². The summed E-state index contributed by atoms with van der Waals surface area (Å²) >= 11 is 3.38. The Balaban J connectivity index is 1.82. The number of hydrogen-bond acceptors (Lipinski definition) is 4. The predicted octanol–water partition coefficient (Wildman–Crippen LogP) is 2.29. The Morgan fingerprint density at radius 1 is 1.32 bits per heavy atom. The third-order valence-corrected chi connectivity index (χ3v) is 5.20. The zero-order valence-corrected chi connectivity index (χ0v) is 13.7. The van der Waals surface area contributed by atoms with E-state index in [1.165, 1.54) is 12.0 Å². The lowest BCUT2D eigenvalue weighted by Gasteiger charge is -2.24. The van der Waals surface area contributed by atoms with E-state index in [-0.39, 0.29) is 17.9 Å². The number of amides is 2. The number of anilines is 1. The zero-order chi connectivity index (χ0) is 15.6. The molecule has 22 heavy (non-hydrogen) atoms. The van der Waals surface area contributed by atoms with Gasteiger partial charge in [0.25, 0.3) is 0 Å². The van der Waals surface area contributed by atoms with Crippen molar-refractivity contribution in [3.05, 3.63) is 34.8 Å². The number of rotatable bonds is 2. The molecule has 5 nitrogen and oxygen atoms in total. The van der Waals surface area contributed by atoms with Gasteiger partial charge in [-0.25, -0.2) is 4.90 Å². The minimum atomic E-state index is -0.684. The maximum Gasteiger partial charge on any atom is 0.241 e. The van der Waals surface area contributed by atoms with Gasteiger partial charge in [0, 0.05) is 4.47 Å². The molecule has 4 atom stereocenters. The molecule has 114 valence electrons. The van der Waals surface area contributed by atoms with E-state index < -0.39 is 17.4 Å². The number of nitrogens with zero attached hydrogens (tertiary/aromatic N) is 1. The first-order chi connectivity index (χ1) is 10.5. The summed E-state index contributed by atoms with van der Waals surface area (Å²) < 4.78 is 11.9. The highest BCUT2D eigenvalue weighted by atomic mass is 79.9. The Kier molecular flexibility index (Phi) is 2.81. The van der Waals surface area contributed by atoms with E-state index >= 15 is 0 Å². The molecule has 2 saturated heterocycles. The number of halogens is 1. The number of ether oxygens (including phenoxy) is 2. The first kappa shape index (κ1) is 14.0. The van der Waals surface area contributed by atoms with E-state index in [0.29, 0.717) is 11.4 Å². The van der Waals surface area contributed by atoms with Crippen LogP contribution in [0.25, 0.3) is 0 Å². The second-order valence-corrected chi connectivity index (χ2v) is 6.87. The van der Waals surface area contributed by atoms with Crippen LogP contribution in [0.15, 0.2) is 34.8 Å². The van der Waals surface area contributed by atoms with Gasteiger partial charge in [-0.3, -0.25) is 9.59 Å². The average molecular weight is 364 g/mol. The molecule has 4 rings (SSSR count). The number of methoxy groups -OCH3 is 1. The summed E-state index contributed by atoms with van der Waals surface area (Å²) in [5.74, 6) is -0.841. The van der Waals surface area contributed by atoms with Crippen molar-refractivity contribution >= 4 is 33.4 Å². The Morgan fingerprint density at radius 3 is 2.77 bits per heavy atom. The third-order valence-electron chi connectivity index (χ3n) is 4.71. The Hall–Kier alpha value is -1.66. The summed E-state index contributed by atoms with van der Waals surface area (Å²) in [6.07, 6.45) is 3.47. The lowest BCUT2D eigenvalue weighted by Crippen LogP contribution is -2.38. The molecule has 2 bridgehead atoms. The highest BCUT2D eigenvalue weighted by molar-refractivity contribution is 9.10. The molecule has 3 heterocycles. The van der Waals surface area contributed by atoms with Crippen molar-refractivity contribution in [2.24, 2.45) is 11.8 Å². The van der Waals surface area contributed by atoms with E-state index in [4.69, 9.17) is 9.47 Å². The Morgan fingerprint density at radius 2 is 2.09 bits per heavy atom. The van der Waals surface area contributed by atoms with Gasteiger partial charge in [0.1, 0.15) is 5.75 Å². The van der Waals surface area contributed by atoms with Crippen LogP contribution in [-0.4, -0.2) is 30.6 Å². The lowest BCUT2D eigenvalue weighted by molar-refractivity contribution is -0.126. The minimum Gasteiger partial charge on any atom is -0.495 e. The first-order valence-corrected chi connectivity index (χ1v) is 7.84. The van der Waals surface area contributed by atoms with Crippen LogP contribution in [0.4, 0.5) is 5.69 Å². The molecule has 0 saturated carbocycles. The molecule has 1 aromatic carbocycles. The normalized spacial score (nSPS) is 35.4. The van der Waals surface area contributed by atoms with E-state index in [1.54, 1.807) is 12.1 Å². The van der Waals surface area contributed by atoms with Crippen LogP contribution < -0.4 is 9.64 Å². The van der Waals surface area contributed by atoms with Gasteiger partial charge in [0.15, 0.2) is 0 Å². The second kappa shape index (κ2) is 4.43. The van der Waals surface area contributed by atoms with Crippen molar-refractivity contribution in [1.29, 1.82) is 0 Å². The highest BCUT2D eigenvalue weighted by Gasteiger charge is 2.66. The number of benzene rings is 1. The number of fused-ring (bicyclic) bond motifs is 5. The summed E-state index contributed by atoms with van der Waals surface area (Å²) in [6, 6.07) is 5.28. The topological polar surface area (TPSA) is 55.8 Å². The van der Waals surface area contributed by atoms with Gasteiger partial charge in [-0.05, 0) is 25.1 Å². The molecule has 6 heteroatoms. The van der Waals surface area contributed by atoms with Crippen LogP contribution in [0.1, 0.15) is 6.92 Å². The van der Waals surface area contributed by atoms with Crippen LogP contribution in [0.3, 0.4) is 0 Å². The Bertz CT molecular complexity index is 731. The van der Waals surface area contributed by atoms with Gasteiger partial charge in [-0.2, -0.15) is 0 Å².